The van der Waals surface area contributed by atoms with Gasteiger partial charge in [0.05, 0.1) is 18.2 Å². The van der Waals surface area contributed by atoms with Gasteiger partial charge in [-0.15, -0.1) is 0 Å². The van der Waals surface area contributed by atoms with Crippen molar-refractivity contribution in [2.24, 2.45) is 7.05 Å². The summed E-state index contributed by atoms with van der Waals surface area (Å²) in [5, 5.41) is 0. The number of carbonyl (C=O) groups is 1. The molecule has 1 aromatic heterocycles. The maximum absolute atomic E-state index is 11.6. The van der Waals surface area contributed by atoms with Gasteiger partial charge in [-0.3, -0.25) is 0 Å². The first-order chi connectivity index (χ1) is 10.5. The fraction of sp³-hybridized carbons (Fsp3) is 0.294. The number of esters is 1. The summed E-state index contributed by atoms with van der Waals surface area (Å²) in [7, 11) is 3.89. The Morgan fingerprint density at radius 1 is 1.35 bits per heavy atom. The second-order valence-electron chi connectivity index (χ2n) is 4.97. The molecule has 0 saturated heterocycles. The number of anilines is 1. The Labute approximate surface area is 153 Å². The average Bonchev–Trinajstić information content (AvgIpc) is 2.84. The quantitative estimate of drug-likeness (QED) is 0.373. The molecule has 0 N–H and O–H groups in total. The van der Waals surface area contributed by atoms with Crippen molar-refractivity contribution in [1.29, 1.82) is 0 Å². The van der Waals surface area contributed by atoms with Gasteiger partial charge >= 0.3 is 11.9 Å². The van der Waals surface area contributed by atoms with E-state index >= 15 is 0 Å². The summed E-state index contributed by atoms with van der Waals surface area (Å²) < 4.78 is 12.4. The standard InChI is InChI=1S/C17H21N2O3.HI/c1-5-21-17(20)14-6-8-15(9-7-14)18(3)11-10-16-19(4)13(2)12-22-16;/h6-12H,5H2,1-4H3;1H/q+1;/p-1. The number of carbonyl (C=O) groups excluding carboxylic acids is 1. The lowest BCUT2D eigenvalue weighted by Crippen LogP contribution is -3.00. The third-order valence-electron chi connectivity index (χ3n) is 3.44. The zero-order valence-corrected chi connectivity index (χ0v) is 15.9. The van der Waals surface area contributed by atoms with Crippen LogP contribution >= 0.6 is 0 Å². The first-order valence-corrected chi connectivity index (χ1v) is 7.15. The molecule has 0 atom stereocenters. The van der Waals surface area contributed by atoms with Crippen molar-refractivity contribution in [2.45, 2.75) is 13.8 Å². The van der Waals surface area contributed by atoms with Gasteiger partial charge in [-0.05, 0) is 31.2 Å². The molecule has 0 unspecified atom stereocenters. The molecule has 0 radical (unpaired) electrons. The Morgan fingerprint density at radius 2 is 2.00 bits per heavy atom. The Kier molecular flexibility index (Phi) is 7.28. The highest BCUT2D eigenvalue weighted by Crippen LogP contribution is 2.15. The molecule has 0 aliphatic heterocycles. The van der Waals surface area contributed by atoms with Crippen molar-refractivity contribution in [3.8, 4) is 0 Å². The van der Waals surface area contributed by atoms with Gasteiger partial charge in [-0.25, -0.2) is 4.79 Å². The van der Waals surface area contributed by atoms with Gasteiger partial charge in [0.15, 0.2) is 6.26 Å². The summed E-state index contributed by atoms with van der Waals surface area (Å²) >= 11 is 0. The smallest absolute Gasteiger partial charge is 0.374 e. The van der Waals surface area contributed by atoms with Crippen molar-refractivity contribution < 1.29 is 42.5 Å². The molecule has 23 heavy (non-hydrogen) atoms. The van der Waals surface area contributed by atoms with Crippen LogP contribution in [0.2, 0.25) is 0 Å². The number of ether oxygens (including phenoxy) is 1. The summed E-state index contributed by atoms with van der Waals surface area (Å²) in [6, 6.07) is 7.28. The molecule has 0 bridgehead atoms. The number of aryl methyl sites for hydroxylation is 1. The molecule has 1 heterocycles. The third kappa shape index (κ3) is 4.82. The molecule has 124 valence electrons. The van der Waals surface area contributed by atoms with Gasteiger partial charge in [0.1, 0.15) is 7.05 Å². The van der Waals surface area contributed by atoms with Gasteiger partial charge in [0.2, 0.25) is 5.69 Å². The third-order valence-corrected chi connectivity index (χ3v) is 3.44. The van der Waals surface area contributed by atoms with Crippen molar-refractivity contribution in [3.63, 3.8) is 0 Å². The molecule has 0 fully saturated rings. The summed E-state index contributed by atoms with van der Waals surface area (Å²) in [6.45, 7) is 4.16. The summed E-state index contributed by atoms with van der Waals surface area (Å²) in [6.07, 6.45) is 5.53. The minimum absolute atomic E-state index is 0. The van der Waals surface area contributed by atoms with Gasteiger partial charge in [-0.2, -0.15) is 4.57 Å². The van der Waals surface area contributed by atoms with Crippen LogP contribution < -0.4 is 33.4 Å². The first-order valence-electron chi connectivity index (χ1n) is 7.15. The van der Waals surface area contributed by atoms with E-state index in [1.165, 1.54) is 0 Å². The SMILES string of the molecule is CCOC(=O)c1ccc(N(C)C=Cc2occ(C)[n+]2C)cc1.[I-]. The Hall–Kier alpha value is -1.83. The maximum Gasteiger partial charge on any atom is 0.374 e. The largest absolute Gasteiger partial charge is 1.00 e. The van der Waals surface area contributed by atoms with Crippen LogP contribution in [0.15, 0.2) is 41.1 Å². The fourth-order valence-corrected chi connectivity index (χ4v) is 1.94. The molecular weight excluding hydrogens is 407 g/mol. The van der Waals surface area contributed by atoms with E-state index in [-0.39, 0.29) is 29.9 Å². The molecule has 0 saturated carbocycles. The van der Waals surface area contributed by atoms with Gasteiger partial charge < -0.3 is 38.0 Å². The average molecular weight is 428 g/mol. The van der Waals surface area contributed by atoms with Crippen molar-refractivity contribution >= 4 is 17.7 Å². The van der Waals surface area contributed by atoms with Crippen molar-refractivity contribution in [3.05, 3.63) is 53.9 Å². The van der Waals surface area contributed by atoms with E-state index in [0.717, 1.165) is 17.3 Å². The van der Waals surface area contributed by atoms with Crippen LogP contribution in [0.1, 0.15) is 28.9 Å². The van der Waals surface area contributed by atoms with Crippen LogP contribution in [-0.2, 0) is 11.8 Å². The zero-order chi connectivity index (χ0) is 16.1. The molecule has 2 aromatic rings. The minimum Gasteiger partial charge on any atom is -1.00 e. The monoisotopic (exact) mass is 428 g/mol. The van der Waals surface area contributed by atoms with Crippen LogP contribution in [-0.4, -0.2) is 19.6 Å². The number of aromatic nitrogens is 1. The number of hydrogen-bond acceptors (Lipinski definition) is 4. The lowest BCUT2D eigenvalue weighted by molar-refractivity contribution is -0.682. The van der Waals surface area contributed by atoms with E-state index in [1.54, 1.807) is 25.3 Å². The summed E-state index contributed by atoms with van der Waals surface area (Å²) in [5.74, 6) is 0.470. The number of benzene rings is 1. The van der Waals surface area contributed by atoms with Crippen LogP contribution in [0.3, 0.4) is 0 Å². The van der Waals surface area contributed by atoms with E-state index in [1.807, 2.05) is 54.9 Å². The Bertz CT molecular complexity index is 678. The highest BCUT2D eigenvalue weighted by atomic mass is 127. The number of halogens is 1. The molecular formula is C17H21IN2O3. The lowest BCUT2D eigenvalue weighted by Gasteiger charge is -2.13. The molecule has 0 aliphatic rings. The van der Waals surface area contributed by atoms with E-state index in [2.05, 4.69) is 0 Å². The first kappa shape index (κ1) is 19.2. The van der Waals surface area contributed by atoms with E-state index in [9.17, 15) is 4.79 Å². The molecule has 0 aliphatic carbocycles. The van der Waals surface area contributed by atoms with Crippen molar-refractivity contribution in [1.82, 2.24) is 0 Å². The number of rotatable bonds is 5. The van der Waals surface area contributed by atoms with Crippen molar-refractivity contribution in [2.75, 3.05) is 18.6 Å². The summed E-state index contributed by atoms with van der Waals surface area (Å²) in [4.78, 5) is 13.6. The van der Waals surface area contributed by atoms with Crippen LogP contribution in [0.5, 0.6) is 0 Å². The van der Waals surface area contributed by atoms with Gasteiger partial charge in [-0.1, -0.05) is 0 Å². The van der Waals surface area contributed by atoms with E-state index < -0.39 is 0 Å². The Balaban J connectivity index is 0.00000264. The number of hydrogen-bond donors (Lipinski definition) is 0. The highest BCUT2D eigenvalue weighted by molar-refractivity contribution is 5.89. The second-order valence-corrected chi connectivity index (χ2v) is 4.97. The minimum atomic E-state index is -0.301. The van der Waals surface area contributed by atoms with Crippen LogP contribution in [0, 0.1) is 6.92 Å². The topological polar surface area (TPSA) is 46.6 Å². The molecule has 0 spiro atoms. The van der Waals surface area contributed by atoms with Gasteiger partial charge in [0.25, 0.3) is 0 Å². The molecule has 0 amide bonds. The zero-order valence-electron chi connectivity index (χ0n) is 13.7. The number of nitrogens with zero attached hydrogens (tertiary/aromatic N) is 2. The molecule has 1 aromatic carbocycles. The number of oxazole rings is 1. The summed E-state index contributed by atoms with van der Waals surface area (Å²) in [5.41, 5.74) is 2.58. The highest BCUT2D eigenvalue weighted by Gasteiger charge is 2.11. The van der Waals surface area contributed by atoms with Crippen LogP contribution in [0.4, 0.5) is 5.69 Å². The van der Waals surface area contributed by atoms with Crippen LogP contribution in [0.25, 0.3) is 6.08 Å². The normalized spacial score (nSPS) is 10.4. The molecule has 5 nitrogen and oxygen atoms in total. The second kappa shape index (κ2) is 8.71. The lowest BCUT2D eigenvalue weighted by atomic mass is 10.2. The predicted molar refractivity (Wildman–Crippen MR) is 84.5 cm³/mol. The molecule has 2 rings (SSSR count). The van der Waals surface area contributed by atoms with E-state index in [4.69, 9.17) is 9.15 Å². The predicted octanol–water partition coefficient (Wildman–Crippen LogP) is -0.300. The maximum atomic E-state index is 11.6. The van der Waals surface area contributed by atoms with Gasteiger partial charge in [0, 0.05) is 25.9 Å². The Morgan fingerprint density at radius 3 is 2.52 bits per heavy atom. The molecule has 6 heteroatoms. The van der Waals surface area contributed by atoms with E-state index in [0.29, 0.717) is 12.2 Å². The fourth-order valence-electron chi connectivity index (χ4n) is 1.94.